The summed E-state index contributed by atoms with van der Waals surface area (Å²) in [5, 5.41) is 0. The van der Waals surface area contributed by atoms with Gasteiger partial charge in [0.1, 0.15) is 0 Å². The highest BCUT2D eigenvalue weighted by atomic mass is 15.2. The van der Waals surface area contributed by atoms with E-state index in [-0.39, 0.29) is 23.0 Å². The SMILES string of the molecule is CC(C)(C)c1cc(N2c3cc(C(C)(C)C)ccc3B3c4ccccc4N(c4ccc(C(c5ccccc5)(c5ccccc5)c5ccccc5)cc4)c4cccc2c43)cc(C(C)(C)C)c1. The number of rotatable bonds is 6. The number of anilines is 6. The zero-order chi connectivity index (χ0) is 44.6. The maximum absolute atomic E-state index is 2.59. The lowest BCUT2D eigenvalue weighted by Crippen LogP contribution is -2.61. The van der Waals surface area contributed by atoms with Gasteiger partial charge in [0.25, 0.3) is 6.71 Å². The van der Waals surface area contributed by atoms with E-state index in [4.69, 9.17) is 0 Å². The van der Waals surface area contributed by atoms with Crippen molar-refractivity contribution in [2.75, 3.05) is 9.80 Å². The molecule has 8 aromatic rings. The molecule has 0 aromatic heterocycles. The van der Waals surface area contributed by atoms with Crippen LogP contribution in [0, 0.1) is 0 Å². The van der Waals surface area contributed by atoms with Crippen molar-refractivity contribution in [1.82, 2.24) is 0 Å². The van der Waals surface area contributed by atoms with Crippen LogP contribution in [0.25, 0.3) is 0 Å². The number of para-hydroxylation sites is 1. The Morgan fingerprint density at radius 3 is 1.20 bits per heavy atom. The summed E-state index contributed by atoms with van der Waals surface area (Å²) in [5.41, 5.74) is 19.7. The predicted octanol–water partition coefficient (Wildman–Crippen LogP) is 14.0. The van der Waals surface area contributed by atoms with Crippen LogP contribution in [0.5, 0.6) is 0 Å². The second-order valence-corrected chi connectivity index (χ2v) is 21.1. The Bertz CT molecular complexity index is 2860. The molecule has 0 radical (unpaired) electrons. The fourth-order valence-electron chi connectivity index (χ4n) is 10.4. The van der Waals surface area contributed by atoms with Crippen molar-refractivity contribution >= 4 is 57.2 Å². The van der Waals surface area contributed by atoms with Gasteiger partial charge in [-0.15, -0.1) is 0 Å². The first-order valence-electron chi connectivity index (χ1n) is 23.1. The summed E-state index contributed by atoms with van der Waals surface area (Å²) in [7, 11) is 0. The normalized spacial score (nSPS) is 13.6. The lowest BCUT2D eigenvalue weighted by Gasteiger charge is -2.45. The zero-order valence-electron chi connectivity index (χ0n) is 38.9. The first kappa shape index (κ1) is 41.4. The highest BCUT2D eigenvalue weighted by molar-refractivity contribution is 7.00. The van der Waals surface area contributed by atoms with E-state index in [1.54, 1.807) is 0 Å². The van der Waals surface area contributed by atoms with Gasteiger partial charge in [-0.3, -0.25) is 0 Å². The lowest BCUT2D eigenvalue weighted by molar-refractivity contribution is 0.569. The molecule has 0 N–H and O–H groups in total. The minimum atomic E-state index is -0.525. The molecule has 0 spiro atoms. The van der Waals surface area contributed by atoms with Gasteiger partial charge < -0.3 is 9.80 Å². The molecule has 64 heavy (non-hydrogen) atoms. The van der Waals surface area contributed by atoms with Crippen molar-refractivity contribution < 1.29 is 0 Å². The van der Waals surface area contributed by atoms with E-state index in [0.717, 1.165) is 5.69 Å². The van der Waals surface area contributed by atoms with Crippen LogP contribution in [0.1, 0.15) is 101 Å². The maximum Gasteiger partial charge on any atom is 0.252 e. The molecule has 0 amide bonds. The summed E-state index contributed by atoms with van der Waals surface area (Å²) in [6, 6.07) is 73.2. The number of hydrogen-bond acceptors (Lipinski definition) is 2. The van der Waals surface area contributed by atoms with Gasteiger partial charge in [-0.25, -0.2) is 0 Å². The molecule has 3 heteroatoms. The van der Waals surface area contributed by atoms with E-state index in [0.29, 0.717) is 0 Å². The first-order chi connectivity index (χ1) is 30.7. The molecule has 0 aliphatic carbocycles. The van der Waals surface area contributed by atoms with E-state index in [9.17, 15) is 0 Å². The third-order valence-electron chi connectivity index (χ3n) is 13.9. The first-order valence-corrected chi connectivity index (χ1v) is 23.1. The summed E-state index contributed by atoms with van der Waals surface area (Å²) >= 11 is 0. The highest BCUT2D eigenvalue weighted by Crippen LogP contribution is 2.49. The van der Waals surface area contributed by atoms with E-state index in [1.807, 2.05) is 0 Å². The molecule has 2 aliphatic heterocycles. The van der Waals surface area contributed by atoms with E-state index < -0.39 is 5.41 Å². The monoisotopic (exact) mass is 830 g/mol. The molecule has 0 atom stereocenters. The van der Waals surface area contributed by atoms with E-state index >= 15 is 0 Å². The van der Waals surface area contributed by atoms with Crippen LogP contribution in [0.2, 0.25) is 0 Å². The lowest BCUT2D eigenvalue weighted by atomic mass is 9.33. The van der Waals surface area contributed by atoms with Gasteiger partial charge in [-0.2, -0.15) is 0 Å². The Hall–Kier alpha value is -6.58. The Labute approximate surface area is 382 Å². The summed E-state index contributed by atoms with van der Waals surface area (Å²) in [6.07, 6.45) is 0. The van der Waals surface area contributed by atoms with Crippen molar-refractivity contribution in [3.8, 4) is 0 Å². The second kappa shape index (κ2) is 15.3. The molecule has 0 fully saturated rings. The van der Waals surface area contributed by atoms with Crippen molar-refractivity contribution in [2.24, 2.45) is 0 Å². The third-order valence-corrected chi connectivity index (χ3v) is 13.9. The maximum atomic E-state index is 2.59. The van der Waals surface area contributed by atoms with Crippen LogP contribution >= 0.6 is 0 Å². The third kappa shape index (κ3) is 6.80. The van der Waals surface area contributed by atoms with Crippen molar-refractivity contribution in [3.63, 3.8) is 0 Å². The summed E-state index contributed by atoms with van der Waals surface area (Å²) in [4.78, 5) is 5.11. The highest BCUT2D eigenvalue weighted by Gasteiger charge is 2.44. The average molecular weight is 831 g/mol. The summed E-state index contributed by atoms with van der Waals surface area (Å²) in [5.74, 6) is 0. The molecule has 316 valence electrons. The molecule has 0 bridgehead atoms. The van der Waals surface area contributed by atoms with Crippen molar-refractivity contribution in [3.05, 3.63) is 233 Å². The van der Waals surface area contributed by atoms with Crippen LogP contribution in [0.15, 0.2) is 194 Å². The standard InChI is InChI=1S/C61H59BN2/c1-58(2,3)46-34-37-52-56(41-46)64(50-39-47(59(4,5)6)38-48(40-50)60(7,8)9)55-31-21-30-54-57(55)62(52)51-28-19-20-29-53(51)63(54)49-35-32-45(33-36-49)61(42-22-13-10-14-23-42,43-24-15-11-16-25-43)44-26-17-12-18-27-44/h10-41H,1-9H3. The molecular formula is C61H59BN2. The van der Waals surface area contributed by atoms with Crippen LogP contribution in [0.4, 0.5) is 34.1 Å². The molecule has 10 rings (SSSR count). The smallest absolute Gasteiger partial charge is 0.252 e. The Morgan fingerprint density at radius 1 is 0.297 bits per heavy atom. The topological polar surface area (TPSA) is 6.48 Å². The predicted molar refractivity (Wildman–Crippen MR) is 275 cm³/mol. The van der Waals surface area contributed by atoms with E-state index in [2.05, 4.69) is 266 Å². The number of hydrogen-bond donors (Lipinski definition) is 0. The molecule has 2 nitrogen and oxygen atoms in total. The van der Waals surface area contributed by atoms with Gasteiger partial charge in [-0.05, 0) is 120 Å². The summed E-state index contributed by atoms with van der Waals surface area (Å²) < 4.78 is 0. The molecule has 0 saturated carbocycles. The van der Waals surface area contributed by atoms with Gasteiger partial charge in [0.05, 0.1) is 5.41 Å². The fraction of sp³-hybridized carbons (Fsp3) is 0.213. The van der Waals surface area contributed by atoms with Crippen LogP contribution in [0.3, 0.4) is 0 Å². The van der Waals surface area contributed by atoms with Gasteiger partial charge in [0.15, 0.2) is 0 Å². The minimum absolute atomic E-state index is 0.0147. The number of nitrogens with zero attached hydrogens (tertiary/aromatic N) is 2. The van der Waals surface area contributed by atoms with Crippen molar-refractivity contribution in [1.29, 1.82) is 0 Å². The Morgan fingerprint density at radius 2 is 0.703 bits per heavy atom. The molecule has 2 aliphatic rings. The zero-order valence-corrected chi connectivity index (χ0v) is 38.9. The molecule has 2 heterocycles. The molecule has 0 unspecified atom stereocenters. The van der Waals surface area contributed by atoms with Crippen LogP contribution in [-0.2, 0) is 21.7 Å². The van der Waals surface area contributed by atoms with Crippen LogP contribution < -0.4 is 26.2 Å². The number of fused-ring (bicyclic) bond motifs is 4. The van der Waals surface area contributed by atoms with Gasteiger partial charge >= 0.3 is 0 Å². The minimum Gasteiger partial charge on any atom is -0.311 e. The van der Waals surface area contributed by atoms with Gasteiger partial charge in [0, 0.05) is 34.1 Å². The Kier molecular flexibility index (Phi) is 9.91. The molecule has 0 saturated heterocycles. The number of benzene rings is 8. The molecule has 8 aromatic carbocycles. The fourth-order valence-corrected chi connectivity index (χ4v) is 10.4. The Balaban J connectivity index is 1.21. The van der Waals surface area contributed by atoms with Gasteiger partial charge in [0.2, 0.25) is 0 Å². The summed E-state index contributed by atoms with van der Waals surface area (Å²) in [6.45, 7) is 21.1. The van der Waals surface area contributed by atoms with Crippen molar-refractivity contribution in [2.45, 2.75) is 84.0 Å². The quantitative estimate of drug-likeness (QED) is 0.122. The second-order valence-electron chi connectivity index (χ2n) is 21.1. The average Bonchev–Trinajstić information content (AvgIpc) is 3.29. The van der Waals surface area contributed by atoms with Gasteiger partial charge in [-0.1, -0.05) is 208 Å². The van der Waals surface area contributed by atoms with E-state index in [1.165, 1.54) is 83.8 Å². The largest absolute Gasteiger partial charge is 0.311 e. The molecular weight excluding hydrogens is 771 g/mol. The van der Waals surface area contributed by atoms with Crippen LogP contribution in [-0.4, -0.2) is 6.71 Å².